The van der Waals surface area contributed by atoms with E-state index in [2.05, 4.69) is 20.7 Å². The SMILES string of the molecule is Cc1cc(C)n(CCNC(=O)c2ccc3c(c2)CNCCCCCCCN3C(=O)c2ccncc2)n1. The van der Waals surface area contributed by atoms with Gasteiger partial charge in [-0.2, -0.15) is 5.10 Å². The first-order valence-corrected chi connectivity index (χ1v) is 12.9. The lowest BCUT2D eigenvalue weighted by molar-refractivity contribution is 0.0950. The highest BCUT2D eigenvalue weighted by Crippen LogP contribution is 2.26. The van der Waals surface area contributed by atoms with E-state index in [-0.39, 0.29) is 11.8 Å². The third kappa shape index (κ3) is 6.57. The number of amides is 2. The molecule has 8 nitrogen and oxygen atoms in total. The smallest absolute Gasteiger partial charge is 0.258 e. The lowest BCUT2D eigenvalue weighted by Gasteiger charge is -2.27. The molecule has 0 saturated heterocycles. The molecule has 0 saturated carbocycles. The quantitative estimate of drug-likeness (QED) is 0.566. The Morgan fingerprint density at radius 3 is 2.53 bits per heavy atom. The summed E-state index contributed by atoms with van der Waals surface area (Å²) in [6.45, 7) is 7.24. The first-order chi connectivity index (χ1) is 17.5. The molecule has 4 rings (SSSR count). The van der Waals surface area contributed by atoms with Gasteiger partial charge in [0.15, 0.2) is 0 Å². The summed E-state index contributed by atoms with van der Waals surface area (Å²) < 4.78 is 1.90. The van der Waals surface area contributed by atoms with E-state index in [4.69, 9.17) is 0 Å². The van der Waals surface area contributed by atoms with Crippen LogP contribution in [-0.2, 0) is 13.1 Å². The van der Waals surface area contributed by atoms with Crippen molar-refractivity contribution in [3.8, 4) is 0 Å². The fourth-order valence-electron chi connectivity index (χ4n) is 4.67. The highest BCUT2D eigenvalue weighted by Gasteiger charge is 2.21. The standard InChI is InChI=1S/C28H36N6O2/c1-21-18-22(2)34(32-21)17-15-31-27(35)24-8-9-26-25(19-24)20-30-12-6-4-3-5-7-16-33(26)28(36)23-10-13-29-14-11-23/h8-11,13-14,18-19,30H,3-7,12,15-17,20H2,1-2H3,(H,31,35). The molecule has 1 aromatic carbocycles. The van der Waals surface area contributed by atoms with Crippen molar-refractivity contribution in [2.45, 2.75) is 59.0 Å². The molecular formula is C28H36N6O2. The number of aromatic nitrogens is 3. The number of pyridine rings is 1. The van der Waals surface area contributed by atoms with Gasteiger partial charge in [0.05, 0.1) is 12.2 Å². The molecule has 8 heteroatoms. The lowest BCUT2D eigenvalue weighted by Crippen LogP contribution is -2.34. The van der Waals surface area contributed by atoms with Gasteiger partial charge < -0.3 is 15.5 Å². The highest BCUT2D eigenvalue weighted by atomic mass is 16.2. The number of benzene rings is 1. The van der Waals surface area contributed by atoms with E-state index < -0.39 is 0 Å². The Balaban J connectivity index is 1.55. The van der Waals surface area contributed by atoms with E-state index in [1.165, 1.54) is 12.8 Å². The zero-order chi connectivity index (χ0) is 25.3. The summed E-state index contributed by atoms with van der Waals surface area (Å²) in [6.07, 6.45) is 8.79. The van der Waals surface area contributed by atoms with Gasteiger partial charge in [-0.3, -0.25) is 19.3 Å². The van der Waals surface area contributed by atoms with Crippen LogP contribution in [-0.4, -0.2) is 46.2 Å². The summed E-state index contributed by atoms with van der Waals surface area (Å²) in [5.74, 6) is -0.171. The summed E-state index contributed by atoms with van der Waals surface area (Å²) in [7, 11) is 0. The maximum atomic E-state index is 13.5. The number of aryl methyl sites for hydroxylation is 2. The molecular weight excluding hydrogens is 452 g/mol. The number of hydrogen-bond donors (Lipinski definition) is 2. The normalized spacial score (nSPS) is 14.9. The van der Waals surface area contributed by atoms with Gasteiger partial charge >= 0.3 is 0 Å². The molecule has 0 radical (unpaired) electrons. The van der Waals surface area contributed by atoms with E-state index in [1.807, 2.05) is 47.7 Å². The van der Waals surface area contributed by atoms with Crippen molar-refractivity contribution in [2.24, 2.45) is 0 Å². The molecule has 0 spiro atoms. The highest BCUT2D eigenvalue weighted by molar-refractivity contribution is 6.06. The van der Waals surface area contributed by atoms with Crippen molar-refractivity contribution >= 4 is 17.5 Å². The van der Waals surface area contributed by atoms with Crippen LogP contribution in [0.25, 0.3) is 0 Å². The van der Waals surface area contributed by atoms with Crippen LogP contribution in [0, 0.1) is 13.8 Å². The first-order valence-electron chi connectivity index (χ1n) is 12.9. The van der Waals surface area contributed by atoms with Gasteiger partial charge in [-0.25, -0.2) is 0 Å². The van der Waals surface area contributed by atoms with Crippen LogP contribution in [0.3, 0.4) is 0 Å². The molecule has 2 aromatic heterocycles. The molecule has 2 N–H and O–H groups in total. The number of nitrogens with one attached hydrogen (secondary N) is 2. The summed E-state index contributed by atoms with van der Waals surface area (Å²) >= 11 is 0. The summed E-state index contributed by atoms with van der Waals surface area (Å²) in [5.41, 5.74) is 5.05. The number of hydrogen-bond acceptors (Lipinski definition) is 5. The van der Waals surface area contributed by atoms with Crippen LogP contribution in [0.5, 0.6) is 0 Å². The molecule has 0 fully saturated rings. The van der Waals surface area contributed by atoms with Gasteiger partial charge in [-0.15, -0.1) is 0 Å². The average Bonchev–Trinajstić information content (AvgIpc) is 3.21. The maximum absolute atomic E-state index is 13.5. The van der Waals surface area contributed by atoms with Gasteiger partial charge in [0.2, 0.25) is 0 Å². The number of rotatable bonds is 5. The van der Waals surface area contributed by atoms with Gasteiger partial charge in [0, 0.05) is 54.5 Å². The molecule has 1 aliphatic heterocycles. The lowest BCUT2D eigenvalue weighted by atomic mass is 10.0. The van der Waals surface area contributed by atoms with E-state index in [0.29, 0.717) is 37.3 Å². The Hall–Kier alpha value is -3.52. The Bertz CT molecular complexity index is 1170. The molecule has 190 valence electrons. The predicted molar refractivity (Wildman–Crippen MR) is 141 cm³/mol. The monoisotopic (exact) mass is 488 g/mol. The Kier molecular flexibility index (Phi) is 8.84. The zero-order valence-electron chi connectivity index (χ0n) is 21.3. The molecule has 0 aliphatic carbocycles. The topological polar surface area (TPSA) is 92.2 Å². The largest absolute Gasteiger partial charge is 0.350 e. The van der Waals surface area contributed by atoms with Crippen LogP contribution in [0.1, 0.15) is 69.8 Å². The molecule has 36 heavy (non-hydrogen) atoms. The molecule has 3 aromatic rings. The second kappa shape index (κ2) is 12.4. The summed E-state index contributed by atoms with van der Waals surface area (Å²) in [4.78, 5) is 32.4. The van der Waals surface area contributed by atoms with E-state index in [9.17, 15) is 9.59 Å². The fraction of sp³-hybridized carbons (Fsp3) is 0.429. The number of anilines is 1. The second-order valence-electron chi connectivity index (χ2n) is 9.39. The van der Waals surface area contributed by atoms with Crippen molar-refractivity contribution in [1.82, 2.24) is 25.4 Å². The minimum absolute atomic E-state index is 0.0437. The van der Waals surface area contributed by atoms with Crippen molar-refractivity contribution in [2.75, 3.05) is 24.5 Å². The molecule has 0 bridgehead atoms. The fourth-order valence-corrected chi connectivity index (χ4v) is 4.67. The third-order valence-electron chi connectivity index (χ3n) is 6.57. The van der Waals surface area contributed by atoms with Crippen LogP contribution in [0.4, 0.5) is 5.69 Å². The summed E-state index contributed by atoms with van der Waals surface area (Å²) in [6, 6.07) is 11.2. The van der Waals surface area contributed by atoms with Gasteiger partial charge in [-0.1, -0.05) is 19.3 Å². The third-order valence-corrected chi connectivity index (χ3v) is 6.57. The minimum Gasteiger partial charge on any atom is -0.350 e. The average molecular weight is 489 g/mol. The molecule has 1 aliphatic rings. The first kappa shape index (κ1) is 25.6. The molecule has 0 unspecified atom stereocenters. The number of fused-ring (bicyclic) bond motifs is 1. The Morgan fingerprint density at radius 2 is 1.75 bits per heavy atom. The van der Waals surface area contributed by atoms with Gasteiger partial charge in [0.1, 0.15) is 0 Å². The maximum Gasteiger partial charge on any atom is 0.258 e. The van der Waals surface area contributed by atoms with Crippen LogP contribution in [0.15, 0.2) is 48.8 Å². The van der Waals surface area contributed by atoms with Crippen molar-refractivity contribution in [1.29, 1.82) is 0 Å². The minimum atomic E-state index is -0.127. The summed E-state index contributed by atoms with van der Waals surface area (Å²) in [5, 5.41) is 11.0. The zero-order valence-corrected chi connectivity index (χ0v) is 21.3. The Morgan fingerprint density at radius 1 is 0.972 bits per heavy atom. The van der Waals surface area contributed by atoms with Crippen molar-refractivity contribution in [3.05, 3.63) is 76.9 Å². The van der Waals surface area contributed by atoms with Crippen molar-refractivity contribution < 1.29 is 9.59 Å². The number of carbonyl (C=O) groups excluding carboxylic acids is 2. The second-order valence-corrected chi connectivity index (χ2v) is 9.39. The van der Waals surface area contributed by atoms with Crippen LogP contribution < -0.4 is 15.5 Å². The number of nitrogens with zero attached hydrogens (tertiary/aromatic N) is 4. The van der Waals surface area contributed by atoms with E-state index >= 15 is 0 Å². The number of carbonyl (C=O) groups is 2. The molecule has 0 atom stereocenters. The van der Waals surface area contributed by atoms with Gasteiger partial charge in [0.25, 0.3) is 11.8 Å². The van der Waals surface area contributed by atoms with E-state index in [0.717, 1.165) is 48.4 Å². The Labute approximate surface area is 213 Å². The van der Waals surface area contributed by atoms with Gasteiger partial charge in [-0.05, 0) is 75.2 Å². The van der Waals surface area contributed by atoms with E-state index in [1.54, 1.807) is 24.5 Å². The predicted octanol–water partition coefficient (Wildman–Crippen LogP) is 4.03. The van der Waals surface area contributed by atoms with Crippen LogP contribution in [0.2, 0.25) is 0 Å². The van der Waals surface area contributed by atoms with Crippen LogP contribution >= 0.6 is 0 Å². The molecule has 2 amide bonds. The molecule has 3 heterocycles. The van der Waals surface area contributed by atoms with Crippen molar-refractivity contribution in [3.63, 3.8) is 0 Å².